The second kappa shape index (κ2) is 6.70. The number of para-hydroxylation sites is 1. The lowest BCUT2D eigenvalue weighted by Gasteiger charge is -2.19. The van der Waals surface area contributed by atoms with Crippen molar-refractivity contribution in [2.45, 2.75) is 17.9 Å². The van der Waals surface area contributed by atoms with Crippen LogP contribution in [0.4, 0.5) is 0 Å². The van der Waals surface area contributed by atoms with Crippen molar-refractivity contribution in [2.75, 3.05) is 19.7 Å². The molecule has 1 aliphatic heterocycles. The highest BCUT2D eigenvalue weighted by molar-refractivity contribution is 7.89. The summed E-state index contributed by atoms with van der Waals surface area (Å²) >= 11 is 0. The van der Waals surface area contributed by atoms with E-state index in [4.69, 9.17) is 9.88 Å². The van der Waals surface area contributed by atoms with Gasteiger partial charge in [-0.15, -0.1) is 0 Å². The maximum atomic E-state index is 11.3. The van der Waals surface area contributed by atoms with Crippen molar-refractivity contribution in [2.24, 2.45) is 5.14 Å². The first-order valence-corrected chi connectivity index (χ1v) is 9.12. The van der Waals surface area contributed by atoms with E-state index in [1.165, 1.54) is 5.56 Å². The molecule has 0 fully saturated rings. The second-order valence-electron chi connectivity index (χ2n) is 5.67. The Morgan fingerprint density at radius 1 is 1.09 bits per heavy atom. The molecule has 2 aromatic rings. The highest BCUT2D eigenvalue weighted by Crippen LogP contribution is 2.22. The molecule has 1 heterocycles. The zero-order valence-corrected chi connectivity index (χ0v) is 13.6. The van der Waals surface area contributed by atoms with E-state index in [9.17, 15) is 8.42 Å². The third-order valence-corrected chi connectivity index (χ3v) is 4.93. The Kier molecular flexibility index (Phi) is 4.66. The van der Waals surface area contributed by atoms with Crippen molar-refractivity contribution >= 4 is 10.0 Å². The van der Waals surface area contributed by atoms with E-state index in [0.29, 0.717) is 6.61 Å². The first-order chi connectivity index (χ1) is 11.0. The molecule has 0 saturated carbocycles. The molecule has 2 aromatic carbocycles. The fraction of sp³-hybridized carbons (Fsp3) is 0.294. The molecule has 0 unspecified atom stereocenters. The highest BCUT2D eigenvalue weighted by Gasteiger charge is 2.14. The van der Waals surface area contributed by atoms with Crippen LogP contribution in [0.25, 0.3) is 0 Å². The SMILES string of the molecule is NS(=O)(=O)c1ccc(CCN2CCOc3ccccc3C2)cc1. The molecule has 122 valence electrons. The molecule has 0 radical (unpaired) electrons. The summed E-state index contributed by atoms with van der Waals surface area (Å²) < 4.78 is 28.3. The first kappa shape index (κ1) is 16.0. The van der Waals surface area contributed by atoms with Crippen molar-refractivity contribution in [3.8, 4) is 5.75 Å². The minimum Gasteiger partial charge on any atom is -0.492 e. The first-order valence-electron chi connectivity index (χ1n) is 7.57. The molecule has 0 bridgehead atoms. The lowest BCUT2D eigenvalue weighted by molar-refractivity contribution is 0.228. The molecule has 1 aliphatic rings. The average Bonchev–Trinajstić information content (AvgIpc) is 2.74. The molecule has 0 saturated heterocycles. The number of ether oxygens (including phenoxy) is 1. The fourth-order valence-electron chi connectivity index (χ4n) is 2.70. The number of hydrogen-bond acceptors (Lipinski definition) is 4. The summed E-state index contributed by atoms with van der Waals surface area (Å²) in [5.74, 6) is 0.965. The van der Waals surface area contributed by atoms with Gasteiger partial charge in [-0.05, 0) is 30.2 Å². The van der Waals surface area contributed by atoms with Crippen LogP contribution in [0.15, 0.2) is 53.4 Å². The Balaban J connectivity index is 1.62. The van der Waals surface area contributed by atoms with E-state index in [-0.39, 0.29) is 4.90 Å². The van der Waals surface area contributed by atoms with Crippen LogP contribution in [0.5, 0.6) is 5.75 Å². The lowest BCUT2D eigenvalue weighted by Crippen LogP contribution is -2.28. The van der Waals surface area contributed by atoms with Crippen LogP contribution < -0.4 is 9.88 Å². The highest BCUT2D eigenvalue weighted by atomic mass is 32.2. The quantitative estimate of drug-likeness (QED) is 0.926. The monoisotopic (exact) mass is 332 g/mol. The average molecular weight is 332 g/mol. The third-order valence-electron chi connectivity index (χ3n) is 4.00. The molecule has 2 N–H and O–H groups in total. The number of sulfonamides is 1. The van der Waals surface area contributed by atoms with Gasteiger partial charge in [-0.1, -0.05) is 30.3 Å². The topological polar surface area (TPSA) is 72.6 Å². The van der Waals surface area contributed by atoms with Gasteiger partial charge in [0.05, 0.1) is 4.90 Å². The zero-order chi connectivity index (χ0) is 16.3. The van der Waals surface area contributed by atoms with E-state index in [0.717, 1.165) is 37.4 Å². The molecule has 0 atom stereocenters. The van der Waals surface area contributed by atoms with Crippen molar-refractivity contribution in [1.29, 1.82) is 0 Å². The summed E-state index contributed by atoms with van der Waals surface area (Å²) in [4.78, 5) is 2.50. The molecule has 6 heteroatoms. The molecular formula is C17H20N2O3S. The predicted molar refractivity (Wildman–Crippen MR) is 88.7 cm³/mol. The molecule has 0 amide bonds. The molecule has 0 aromatic heterocycles. The van der Waals surface area contributed by atoms with Gasteiger partial charge in [-0.25, -0.2) is 13.6 Å². The van der Waals surface area contributed by atoms with Crippen LogP contribution in [0.3, 0.4) is 0 Å². The van der Waals surface area contributed by atoms with Crippen LogP contribution in [0.1, 0.15) is 11.1 Å². The number of rotatable bonds is 4. The minimum atomic E-state index is -3.62. The van der Waals surface area contributed by atoms with Gasteiger partial charge in [-0.2, -0.15) is 0 Å². The van der Waals surface area contributed by atoms with E-state index < -0.39 is 10.0 Å². The van der Waals surface area contributed by atoms with Gasteiger partial charge in [0.1, 0.15) is 12.4 Å². The summed E-state index contributed by atoms with van der Waals surface area (Å²) in [5, 5.41) is 5.11. The maximum absolute atomic E-state index is 11.3. The summed E-state index contributed by atoms with van der Waals surface area (Å²) in [5.41, 5.74) is 2.30. The van der Waals surface area contributed by atoms with E-state index in [1.54, 1.807) is 12.1 Å². The van der Waals surface area contributed by atoms with Gasteiger partial charge in [0, 0.05) is 25.2 Å². The molecule has 23 heavy (non-hydrogen) atoms. The van der Waals surface area contributed by atoms with E-state index in [2.05, 4.69) is 11.0 Å². The molecule has 3 rings (SSSR count). The van der Waals surface area contributed by atoms with Crippen LogP contribution >= 0.6 is 0 Å². The van der Waals surface area contributed by atoms with E-state index in [1.807, 2.05) is 30.3 Å². The largest absolute Gasteiger partial charge is 0.492 e. The van der Waals surface area contributed by atoms with Crippen molar-refractivity contribution < 1.29 is 13.2 Å². The number of primary sulfonamides is 1. The van der Waals surface area contributed by atoms with Crippen LogP contribution in [0.2, 0.25) is 0 Å². The molecular weight excluding hydrogens is 312 g/mol. The van der Waals surface area contributed by atoms with Gasteiger partial charge in [0.25, 0.3) is 0 Å². The van der Waals surface area contributed by atoms with Gasteiger partial charge >= 0.3 is 0 Å². The Bertz CT molecular complexity index is 773. The van der Waals surface area contributed by atoms with E-state index >= 15 is 0 Å². The Labute approximate surface area is 136 Å². The summed E-state index contributed by atoms with van der Waals surface area (Å²) in [6.07, 6.45) is 0.854. The minimum absolute atomic E-state index is 0.151. The van der Waals surface area contributed by atoms with Crippen molar-refractivity contribution in [3.05, 3.63) is 59.7 Å². The molecule has 0 aliphatic carbocycles. The predicted octanol–water partition coefficient (Wildman–Crippen LogP) is 1.77. The number of benzene rings is 2. The van der Waals surface area contributed by atoms with Gasteiger partial charge < -0.3 is 4.74 Å². The van der Waals surface area contributed by atoms with Crippen molar-refractivity contribution in [3.63, 3.8) is 0 Å². The third kappa shape index (κ3) is 4.10. The van der Waals surface area contributed by atoms with Crippen molar-refractivity contribution in [1.82, 2.24) is 4.90 Å². The van der Waals surface area contributed by atoms with Gasteiger partial charge in [0.2, 0.25) is 10.0 Å². The summed E-state index contributed by atoms with van der Waals surface area (Å²) in [6.45, 7) is 3.32. The smallest absolute Gasteiger partial charge is 0.238 e. The van der Waals surface area contributed by atoms with Gasteiger partial charge in [0.15, 0.2) is 0 Å². The summed E-state index contributed by atoms with van der Waals surface area (Å²) in [7, 11) is -3.62. The zero-order valence-electron chi connectivity index (χ0n) is 12.8. The summed E-state index contributed by atoms with van der Waals surface area (Å²) in [6, 6.07) is 14.9. The van der Waals surface area contributed by atoms with Crippen LogP contribution in [0, 0.1) is 0 Å². The number of nitrogens with two attached hydrogens (primary N) is 1. The standard InChI is InChI=1S/C17H20N2O3S/c18-23(20,21)16-7-5-14(6-8-16)9-10-19-11-12-22-17-4-2-1-3-15(17)13-19/h1-8H,9-13H2,(H2,18,20,21). The molecule has 5 nitrogen and oxygen atoms in total. The number of nitrogens with zero attached hydrogens (tertiary/aromatic N) is 1. The van der Waals surface area contributed by atoms with Gasteiger partial charge in [-0.3, -0.25) is 4.90 Å². The van der Waals surface area contributed by atoms with Crippen LogP contribution in [-0.2, 0) is 23.0 Å². The Hall–Kier alpha value is -1.89. The lowest BCUT2D eigenvalue weighted by atomic mass is 10.1. The number of fused-ring (bicyclic) bond motifs is 1. The second-order valence-corrected chi connectivity index (χ2v) is 7.23. The molecule has 0 spiro atoms. The number of hydrogen-bond donors (Lipinski definition) is 1. The maximum Gasteiger partial charge on any atom is 0.238 e. The Morgan fingerprint density at radius 3 is 2.57 bits per heavy atom. The Morgan fingerprint density at radius 2 is 1.83 bits per heavy atom. The fourth-order valence-corrected chi connectivity index (χ4v) is 3.22. The normalized spacial score (nSPS) is 15.5. The van der Waals surface area contributed by atoms with Crippen LogP contribution in [-0.4, -0.2) is 33.0 Å².